The van der Waals surface area contributed by atoms with E-state index in [9.17, 15) is 19.2 Å². The average Bonchev–Trinajstić information content (AvgIpc) is 1.68. The molecule has 0 spiro atoms. The molecule has 92 heavy (non-hydrogen) atoms. The quantitative estimate of drug-likeness (QED) is 0.0895. The first-order valence-electron chi connectivity index (χ1n) is 28.9. The summed E-state index contributed by atoms with van der Waals surface area (Å²) in [6.45, 7) is 33.4. The number of fused-ring (bicyclic) bond motifs is 1. The molecule has 1 aliphatic carbocycles. The van der Waals surface area contributed by atoms with Crippen LogP contribution in [-0.4, -0.2) is 128 Å². The number of aliphatic hydroxyl groups is 4. The number of hydrogen-bond acceptors (Lipinski definition) is 20. The molecule has 28 heteroatoms. The van der Waals surface area contributed by atoms with Crippen LogP contribution < -0.4 is 20.4 Å². The van der Waals surface area contributed by atoms with E-state index in [1.165, 1.54) is 65.1 Å². The number of carbonyl (C=O) groups excluding carboxylic acids is 4. The second-order valence-corrected chi connectivity index (χ2v) is 24.0. The van der Waals surface area contributed by atoms with E-state index in [-0.39, 0.29) is 149 Å². The van der Waals surface area contributed by atoms with Crippen molar-refractivity contribution in [2.45, 2.75) is 210 Å². The number of Topliss-reactive ketones (excluding diaryl/α,β-unsaturated/α-hetero) is 4. The van der Waals surface area contributed by atoms with E-state index in [4.69, 9.17) is 20.4 Å². The smallest absolute Gasteiger partial charge is 0.132 e. The molecule has 24 nitrogen and oxygen atoms in total. The monoisotopic (exact) mass is 1990 g/mol. The summed E-state index contributed by atoms with van der Waals surface area (Å²) in [6, 6.07) is 11.2. The maximum atomic E-state index is 10.1. The molecule has 0 radical (unpaired) electrons. The Bertz CT molecular complexity index is 3220. The minimum Gasteiger partial charge on any atom is -0.574 e. The van der Waals surface area contributed by atoms with Crippen molar-refractivity contribution in [2.24, 2.45) is 0 Å². The van der Waals surface area contributed by atoms with Crippen molar-refractivity contribution < 1.29 is 124 Å². The van der Waals surface area contributed by atoms with E-state index in [1.54, 1.807) is 58.8 Å². The summed E-state index contributed by atoms with van der Waals surface area (Å²) in [5.41, 5.74) is 13.4. The Morgan fingerprint density at radius 3 is 1.15 bits per heavy atom. The van der Waals surface area contributed by atoms with Crippen LogP contribution in [0.2, 0.25) is 0 Å². The third kappa shape index (κ3) is 36.2. The first kappa shape index (κ1) is 90.6. The van der Waals surface area contributed by atoms with Gasteiger partial charge in [-0.1, -0.05) is 90.3 Å². The van der Waals surface area contributed by atoms with E-state index in [1.807, 2.05) is 50.2 Å². The molecule has 8 aromatic rings. The van der Waals surface area contributed by atoms with Crippen molar-refractivity contribution in [2.75, 3.05) is 0 Å². The minimum atomic E-state index is -0.475. The van der Waals surface area contributed by atoms with Crippen molar-refractivity contribution >= 4 is 23.1 Å². The van der Waals surface area contributed by atoms with Gasteiger partial charge in [-0.15, -0.1) is 0 Å². The van der Waals surface area contributed by atoms with E-state index < -0.39 is 24.4 Å². The molecule has 4 unspecified atom stereocenters. The summed E-state index contributed by atoms with van der Waals surface area (Å²) < 4.78 is 0. The normalized spacial score (nSPS) is 12.7. The number of aliphatic hydroxyl groups excluding tert-OH is 4. The molecule has 8 aromatic heterocycles. The second kappa shape index (κ2) is 45.7. The van der Waals surface area contributed by atoms with Crippen LogP contribution in [0.4, 0.5) is 0 Å². The molecule has 0 fully saturated rings. The Labute approximate surface area is 599 Å². The molecule has 1 aliphatic rings. The minimum absolute atomic E-state index is 0. The third-order valence-corrected chi connectivity index (χ3v) is 12.0. The van der Waals surface area contributed by atoms with Gasteiger partial charge in [-0.2, -0.15) is 0 Å². The first-order valence-corrected chi connectivity index (χ1v) is 28.9. The van der Waals surface area contributed by atoms with Gasteiger partial charge >= 0.3 is 0 Å². The van der Waals surface area contributed by atoms with Crippen molar-refractivity contribution in [1.82, 2.24) is 80.7 Å². The topological polar surface area (TPSA) is 360 Å². The maximum absolute atomic E-state index is 10.1. The zero-order valence-electron chi connectivity index (χ0n) is 55.7. The number of hydrogen-bond donors (Lipinski definition) is 4. The van der Waals surface area contributed by atoms with Gasteiger partial charge in [0.15, 0.2) is 0 Å². The Balaban J connectivity index is -0.00000101. The fourth-order valence-electron chi connectivity index (χ4n) is 8.17. The molecule has 0 saturated heterocycles. The second-order valence-electron chi connectivity index (χ2n) is 24.0. The van der Waals surface area contributed by atoms with Crippen LogP contribution in [0.5, 0.6) is 0 Å². The van der Waals surface area contributed by atoms with Crippen LogP contribution in [0, 0.1) is 13.8 Å². The van der Waals surface area contributed by atoms with Crippen molar-refractivity contribution in [3.8, 4) is 45.6 Å². The number of aromatic nitrogens is 16. The van der Waals surface area contributed by atoms with Crippen LogP contribution in [0.1, 0.15) is 183 Å². The standard InChI is InChI=1S/C13H15N4.C12H15N4.C11H13N4.C8H7N4.4C5H10O2.4Pt/c1-13(2)6-3-4-9-11(16-17-12(9)13)10-5-7-14-8-15-10;1-8-10(9-5-6-13-7-14-9)15-16-11(8)12(2,3)4;1-11(2,3)10-6-9(14-15-10)8-4-5-12-7-13-8;1-6-4-8(12-11-6)7-2-3-9-5-10-7;4*1-4(6)3-5(2)7;;;;/h5,7-8H,3-4,6H2,1-2H3;5-7H,1-4H3;4-7H,1-3H3;2-5H,1H3;4*4,6H,3H2,1-2H3;;;;/q4*-1;;;;;;;;. The fraction of sp³-hybridized carbons (Fsp3) is 0.500. The van der Waals surface area contributed by atoms with Gasteiger partial charge in [0.1, 0.15) is 48.4 Å². The molecule has 0 bridgehead atoms. The van der Waals surface area contributed by atoms with E-state index in [2.05, 4.69) is 136 Å². The molecule has 0 saturated carbocycles. The molecule has 518 valence electrons. The van der Waals surface area contributed by atoms with Crippen molar-refractivity contribution in [3.63, 3.8) is 0 Å². The van der Waals surface area contributed by atoms with Gasteiger partial charge < -0.3 is 61.2 Å². The van der Waals surface area contributed by atoms with Crippen molar-refractivity contribution in [3.05, 3.63) is 120 Å². The summed E-state index contributed by atoms with van der Waals surface area (Å²) in [5, 5.41) is 67.3. The molecule has 0 aromatic carbocycles. The van der Waals surface area contributed by atoms with Gasteiger partial charge in [0.25, 0.3) is 0 Å². The number of aryl methyl sites for hydroxylation is 1. The van der Waals surface area contributed by atoms with Gasteiger partial charge in [0.2, 0.25) is 0 Å². The summed E-state index contributed by atoms with van der Waals surface area (Å²) in [5.74, 6) is 0.148. The zero-order valence-corrected chi connectivity index (χ0v) is 64.8. The Morgan fingerprint density at radius 1 is 0.500 bits per heavy atom. The molecule has 0 aliphatic heterocycles. The Kier molecular flexibility index (Phi) is 45.0. The van der Waals surface area contributed by atoms with Crippen LogP contribution in [0.3, 0.4) is 0 Å². The van der Waals surface area contributed by atoms with E-state index in [0.29, 0.717) is 0 Å². The average molecular weight is 1990 g/mol. The van der Waals surface area contributed by atoms with Gasteiger partial charge in [-0.3, -0.25) is 19.2 Å². The number of nitrogens with zero attached hydrogens (tertiary/aromatic N) is 16. The van der Waals surface area contributed by atoms with Gasteiger partial charge in [-0.25, -0.2) is 39.9 Å². The van der Waals surface area contributed by atoms with Gasteiger partial charge in [0.05, 0.1) is 47.2 Å². The number of carbonyl (C=O) groups is 4. The third-order valence-electron chi connectivity index (χ3n) is 12.0. The summed E-state index contributed by atoms with van der Waals surface area (Å²) >= 11 is 0. The SMILES string of the molecule is CC(=O)CC(C)O.CC(=O)CC(C)O.CC(=O)CC(C)O.CC(=O)CC(C)O.CC(C)(C)c1cc(-c2ccncn2)[n-]n1.CC1(C)CCCc2c1n[n-]c2-c1ccncn1.Cc1c(C(C)(C)C)n[n-]c1-c1ccncn1.Cc1cc(-c2ccncn2)[n-]n1.[Pt].[Pt].[Pt].[Pt]. The van der Waals surface area contributed by atoms with Crippen LogP contribution in [0.15, 0.2) is 86.5 Å². The zero-order chi connectivity index (χ0) is 66.4. The number of ketones is 4. The predicted octanol–water partition coefficient (Wildman–Crippen LogP) is 8.18. The molecule has 9 rings (SSSR count). The molecule has 4 atom stereocenters. The summed E-state index contributed by atoms with van der Waals surface area (Å²) in [6.07, 6.45) is 15.6. The molecular weight excluding hydrogens is 1900 g/mol. The molecule has 4 N–H and O–H groups in total. The predicted molar refractivity (Wildman–Crippen MR) is 335 cm³/mol. The van der Waals surface area contributed by atoms with Crippen LogP contribution >= 0.6 is 0 Å². The first-order chi connectivity index (χ1) is 41.1. The van der Waals surface area contributed by atoms with Crippen LogP contribution in [0.25, 0.3) is 45.6 Å². The maximum Gasteiger partial charge on any atom is 0.132 e. The van der Waals surface area contributed by atoms with E-state index >= 15 is 0 Å². The largest absolute Gasteiger partial charge is 0.574 e. The fourth-order valence-corrected chi connectivity index (χ4v) is 8.17. The molecular formula is C64H90N16O8Pt4-4. The number of rotatable bonds is 12. The summed E-state index contributed by atoms with van der Waals surface area (Å²) in [4.78, 5) is 72.5. The van der Waals surface area contributed by atoms with Crippen LogP contribution in [-0.2, 0) is 126 Å². The summed E-state index contributed by atoms with van der Waals surface area (Å²) in [7, 11) is 0. The Morgan fingerprint density at radius 2 is 0.859 bits per heavy atom. The van der Waals surface area contributed by atoms with Gasteiger partial charge in [0, 0.05) is 174 Å². The van der Waals surface area contributed by atoms with Gasteiger partial charge in [-0.05, 0) is 124 Å². The van der Waals surface area contributed by atoms with E-state index in [0.717, 1.165) is 80.3 Å². The molecule has 0 amide bonds. The molecule has 8 heterocycles. The Hall–Kier alpha value is -5.57. The van der Waals surface area contributed by atoms with Crippen molar-refractivity contribution in [1.29, 1.82) is 0 Å².